The van der Waals surface area contributed by atoms with Gasteiger partial charge in [0.15, 0.2) is 5.16 Å². The number of para-hydroxylation sites is 1. The van der Waals surface area contributed by atoms with E-state index in [0.29, 0.717) is 11.0 Å². The number of nitrogens with zero attached hydrogens (tertiary/aromatic N) is 2. The van der Waals surface area contributed by atoms with Crippen LogP contribution < -0.4 is 10.5 Å². The van der Waals surface area contributed by atoms with Crippen molar-refractivity contribution in [3.8, 4) is 5.75 Å². The van der Waals surface area contributed by atoms with Crippen molar-refractivity contribution < 1.29 is 4.74 Å². The van der Waals surface area contributed by atoms with E-state index >= 15 is 0 Å². The van der Waals surface area contributed by atoms with Crippen LogP contribution in [0, 0.1) is 0 Å². The molecule has 100 valence electrons. The van der Waals surface area contributed by atoms with E-state index in [4.69, 9.17) is 10.5 Å². The van der Waals surface area contributed by atoms with Crippen LogP contribution in [0.5, 0.6) is 5.75 Å². The highest BCUT2D eigenvalue weighted by Gasteiger charge is 2.07. The van der Waals surface area contributed by atoms with Crippen molar-refractivity contribution in [3.05, 3.63) is 48.5 Å². The molecule has 3 aromatic rings. The van der Waals surface area contributed by atoms with Crippen molar-refractivity contribution in [1.82, 2.24) is 9.97 Å². The Balaban J connectivity index is 1.98. The molecule has 5 heteroatoms. The number of rotatable bonds is 3. The maximum atomic E-state index is 5.98. The minimum Gasteiger partial charge on any atom is -0.497 e. The summed E-state index contributed by atoms with van der Waals surface area (Å²) in [6, 6.07) is 15.5. The highest BCUT2D eigenvalue weighted by Crippen LogP contribution is 2.29. The van der Waals surface area contributed by atoms with Gasteiger partial charge in [0.05, 0.1) is 12.6 Å². The molecule has 0 aliphatic heterocycles. The van der Waals surface area contributed by atoms with E-state index in [2.05, 4.69) is 9.97 Å². The van der Waals surface area contributed by atoms with E-state index in [9.17, 15) is 0 Å². The SMILES string of the molecule is COc1cccc(Sc2nc(N)c3ccccc3n2)c1. The first kappa shape index (κ1) is 12.7. The summed E-state index contributed by atoms with van der Waals surface area (Å²) in [5.41, 5.74) is 6.83. The summed E-state index contributed by atoms with van der Waals surface area (Å²) in [4.78, 5) is 9.87. The van der Waals surface area contributed by atoms with Crippen LogP contribution in [0.3, 0.4) is 0 Å². The quantitative estimate of drug-likeness (QED) is 0.747. The molecule has 2 aromatic carbocycles. The van der Waals surface area contributed by atoms with Gasteiger partial charge in [-0.15, -0.1) is 0 Å². The number of fused-ring (bicyclic) bond motifs is 1. The minimum absolute atomic E-state index is 0.501. The van der Waals surface area contributed by atoms with Crippen molar-refractivity contribution in [2.75, 3.05) is 12.8 Å². The van der Waals surface area contributed by atoms with Crippen LogP contribution in [0.25, 0.3) is 10.9 Å². The minimum atomic E-state index is 0.501. The Morgan fingerprint density at radius 3 is 2.75 bits per heavy atom. The first-order valence-corrected chi connectivity index (χ1v) is 6.92. The number of nitrogens with two attached hydrogens (primary N) is 1. The molecule has 0 saturated heterocycles. The number of benzene rings is 2. The summed E-state index contributed by atoms with van der Waals surface area (Å²) >= 11 is 1.46. The number of hydrogen-bond donors (Lipinski definition) is 1. The number of nitrogen functional groups attached to an aromatic ring is 1. The average molecular weight is 283 g/mol. The van der Waals surface area contributed by atoms with Crippen LogP contribution >= 0.6 is 11.8 Å². The second kappa shape index (κ2) is 5.38. The average Bonchev–Trinajstić information content (AvgIpc) is 2.47. The van der Waals surface area contributed by atoms with E-state index < -0.39 is 0 Å². The smallest absolute Gasteiger partial charge is 0.194 e. The Morgan fingerprint density at radius 1 is 1.05 bits per heavy atom. The Morgan fingerprint density at radius 2 is 1.90 bits per heavy atom. The van der Waals surface area contributed by atoms with Crippen molar-refractivity contribution in [2.24, 2.45) is 0 Å². The number of aromatic nitrogens is 2. The third kappa shape index (κ3) is 2.53. The van der Waals surface area contributed by atoms with Crippen LogP contribution in [0.4, 0.5) is 5.82 Å². The normalized spacial score (nSPS) is 10.7. The highest BCUT2D eigenvalue weighted by atomic mass is 32.2. The summed E-state index contributed by atoms with van der Waals surface area (Å²) < 4.78 is 5.21. The molecule has 0 radical (unpaired) electrons. The summed E-state index contributed by atoms with van der Waals surface area (Å²) in [5.74, 6) is 1.31. The van der Waals surface area contributed by atoms with Gasteiger partial charge in [0.25, 0.3) is 0 Å². The van der Waals surface area contributed by atoms with Crippen LogP contribution in [-0.4, -0.2) is 17.1 Å². The Labute approximate surface area is 121 Å². The Hall–Kier alpha value is -2.27. The van der Waals surface area contributed by atoms with E-state index in [1.807, 2.05) is 48.5 Å². The Bertz CT molecular complexity index is 761. The lowest BCUT2D eigenvalue weighted by Crippen LogP contribution is -1.96. The van der Waals surface area contributed by atoms with Gasteiger partial charge in [0.1, 0.15) is 11.6 Å². The topological polar surface area (TPSA) is 61.0 Å². The lowest BCUT2D eigenvalue weighted by molar-refractivity contribution is 0.413. The molecule has 0 fully saturated rings. The van der Waals surface area contributed by atoms with Gasteiger partial charge >= 0.3 is 0 Å². The van der Waals surface area contributed by atoms with Gasteiger partial charge in [-0.05, 0) is 42.1 Å². The van der Waals surface area contributed by atoms with Crippen molar-refractivity contribution in [1.29, 1.82) is 0 Å². The number of ether oxygens (including phenoxy) is 1. The number of methoxy groups -OCH3 is 1. The van der Waals surface area contributed by atoms with E-state index in [-0.39, 0.29) is 0 Å². The molecule has 0 atom stereocenters. The molecule has 3 rings (SSSR count). The van der Waals surface area contributed by atoms with Gasteiger partial charge in [0, 0.05) is 10.3 Å². The fraction of sp³-hybridized carbons (Fsp3) is 0.0667. The summed E-state index contributed by atoms with van der Waals surface area (Å²) in [5, 5.41) is 1.51. The van der Waals surface area contributed by atoms with Crippen LogP contribution in [0.1, 0.15) is 0 Å². The summed E-state index contributed by atoms with van der Waals surface area (Å²) in [6.45, 7) is 0. The van der Waals surface area contributed by atoms with Gasteiger partial charge in [-0.2, -0.15) is 0 Å². The molecule has 4 nitrogen and oxygen atoms in total. The zero-order valence-corrected chi connectivity index (χ0v) is 11.7. The van der Waals surface area contributed by atoms with Crippen molar-refractivity contribution in [3.63, 3.8) is 0 Å². The first-order chi connectivity index (χ1) is 9.76. The van der Waals surface area contributed by atoms with E-state index in [0.717, 1.165) is 21.5 Å². The van der Waals surface area contributed by atoms with Gasteiger partial charge in [-0.25, -0.2) is 9.97 Å². The molecule has 0 saturated carbocycles. The van der Waals surface area contributed by atoms with Crippen LogP contribution in [0.2, 0.25) is 0 Å². The predicted octanol–water partition coefficient (Wildman–Crippen LogP) is 3.37. The Kier molecular flexibility index (Phi) is 3.43. The zero-order valence-electron chi connectivity index (χ0n) is 10.9. The van der Waals surface area contributed by atoms with Gasteiger partial charge in [-0.3, -0.25) is 0 Å². The molecule has 0 aliphatic rings. The molecule has 0 spiro atoms. The van der Waals surface area contributed by atoms with Gasteiger partial charge in [-0.1, -0.05) is 18.2 Å². The van der Waals surface area contributed by atoms with Crippen LogP contribution in [-0.2, 0) is 0 Å². The third-order valence-corrected chi connectivity index (χ3v) is 3.72. The first-order valence-electron chi connectivity index (χ1n) is 6.10. The van der Waals surface area contributed by atoms with Crippen molar-refractivity contribution in [2.45, 2.75) is 10.1 Å². The molecular formula is C15H13N3OS. The van der Waals surface area contributed by atoms with Gasteiger partial charge in [0.2, 0.25) is 0 Å². The second-order valence-electron chi connectivity index (χ2n) is 4.19. The second-order valence-corrected chi connectivity index (χ2v) is 5.23. The number of hydrogen-bond acceptors (Lipinski definition) is 5. The maximum absolute atomic E-state index is 5.98. The standard InChI is InChI=1S/C15H13N3OS/c1-19-10-5-4-6-11(9-10)20-15-17-13-8-3-2-7-12(13)14(16)18-15/h2-9H,1H3,(H2,16,17,18). The van der Waals surface area contributed by atoms with E-state index in [1.54, 1.807) is 7.11 Å². The molecule has 2 N–H and O–H groups in total. The maximum Gasteiger partial charge on any atom is 0.194 e. The lowest BCUT2D eigenvalue weighted by atomic mass is 10.2. The molecule has 1 aromatic heterocycles. The molecular weight excluding hydrogens is 270 g/mol. The van der Waals surface area contributed by atoms with Crippen molar-refractivity contribution >= 4 is 28.5 Å². The fourth-order valence-electron chi connectivity index (χ4n) is 1.89. The number of anilines is 1. The molecule has 1 heterocycles. The summed E-state index contributed by atoms with van der Waals surface area (Å²) in [7, 11) is 1.65. The summed E-state index contributed by atoms with van der Waals surface area (Å²) in [6.07, 6.45) is 0. The van der Waals surface area contributed by atoms with Gasteiger partial charge < -0.3 is 10.5 Å². The highest BCUT2D eigenvalue weighted by molar-refractivity contribution is 7.99. The molecule has 0 unspecified atom stereocenters. The molecule has 20 heavy (non-hydrogen) atoms. The zero-order chi connectivity index (χ0) is 13.9. The lowest BCUT2D eigenvalue weighted by Gasteiger charge is -2.06. The van der Waals surface area contributed by atoms with E-state index in [1.165, 1.54) is 11.8 Å². The molecule has 0 bridgehead atoms. The molecule has 0 amide bonds. The predicted molar refractivity (Wildman–Crippen MR) is 81.1 cm³/mol. The largest absolute Gasteiger partial charge is 0.497 e. The molecule has 0 aliphatic carbocycles. The van der Waals surface area contributed by atoms with Crippen LogP contribution in [0.15, 0.2) is 58.6 Å². The third-order valence-electron chi connectivity index (χ3n) is 2.86. The monoisotopic (exact) mass is 283 g/mol. The fourth-order valence-corrected chi connectivity index (χ4v) is 2.72.